The van der Waals surface area contributed by atoms with Crippen LogP contribution in [-0.2, 0) is 17.8 Å². The minimum Gasteiger partial charge on any atom is -0.480 e. The molecular formula is C17H11BrF2N2O3. The number of carboxylic acids is 1. The van der Waals surface area contributed by atoms with Crippen LogP contribution in [0.2, 0.25) is 0 Å². The summed E-state index contributed by atoms with van der Waals surface area (Å²) in [6, 6.07) is 7.97. The summed E-state index contributed by atoms with van der Waals surface area (Å²) in [5.41, 5.74) is -0.122. The Hall–Kier alpha value is -2.61. The van der Waals surface area contributed by atoms with Crippen molar-refractivity contribution in [2.75, 3.05) is 0 Å². The predicted molar refractivity (Wildman–Crippen MR) is 90.5 cm³/mol. The molecule has 0 bridgehead atoms. The molecule has 2 aromatic carbocycles. The van der Waals surface area contributed by atoms with Crippen LogP contribution >= 0.6 is 15.9 Å². The molecule has 1 aromatic heterocycles. The lowest BCUT2D eigenvalue weighted by molar-refractivity contribution is -0.137. The first kappa shape index (κ1) is 17.2. The lowest BCUT2D eigenvalue weighted by Crippen LogP contribution is -2.29. The Kier molecular flexibility index (Phi) is 4.63. The highest BCUT2D eigenvalue weighted by Crippen LogP contribution is 2.18. The molecule has 128 valence electrons. The van der Waals surface area contributed by atoms with Crippen molar-refractivity contribution in [3.05, 3.63) is 74.1 Å². The molecule has 0 amide bonds. The van der Waals surface area contributed by atoms with E-state index in [4.69, 9.17) is 5.11 Å². The molecule has 25 heavy (non-hydrogen) atoms. The van der Waals surface area contributed by atoms with Crippen LogP contribution in [0.3, 0.4) is 0 Å². The normalized spacial score (nSPS) is 11.0. The van der Waals surface area contributed by atoms with Crippen molar-refractivity contribution in [2.45, 2.75) is 13.0 Å². The zero-order valence-corrected chi connectivity index (χ0v) is 14.3. The third-order valence-corrected chi connectivity index (χ3v) is 4.14. The Labute approximate surface area is 148 Å². The number of carboxylic acid groups (broad SMARTS) is 1. The van der Waals surface area contributed by atoms with Crippen molar-refractivity contribution < 1.29 is 18.7 Å². The average Bonchev–Trinajstić information content (AvgIpc) is 2.54. The minimum atomic E-state index is -1.25. The van der Waals surface area contributed by atoms with Crippen LogP contribution in [0, 0.1) is 11.6 Å². The van der Waals surface area contributed by atoms with E-state index < -0.39 is 29.7 Å². The van der Waals surface area contributed by atoms with Gasteiger partial charge in [0.2, 0.25) is 0 Å². The molecule has 1 heterocycles. The van der Waals surface area contributed by atoms with Gasteiger partial charge in [-0.2, -0.15) is 0 Å². The maximum absolute atomic E-state index is 14.0. The smallest absolute Gasteiger partial charge is 0.323 e. The van der Waals surface area contributed by atoms with Crippen LogP contribution < -0.4 is 5.56 Å². The van der Waals surface area contributed by atoms with Gasteiger partial charge in [0.15, 0.2) is 0 Å². The van der Waals surface area contributed by atoms with Gasteiger partial charge < -0.3 is 5.11 Å². The van der Waals surface area contributed by atoms with Crippen LogP contribution in [0.1, 0.15) is 11.3 Å². The fourth-order valence-corrected chi connectivity index (χ4v) is 2.85. The molecule has 3 aromatic rings. The van der Waals surface area contributed by atoms with E-state index in [0.717, 1.165) is 16.7 Å². The van der Waals surface area contributed by atoms with Gasteiger partial charge in [-0.25, -0.2) is 13.8 Å². The maximum atomic E-state index is 14.0. The minimum absolute atomic E-state index is 0.0124. The van der Waals surface area contributed by atoms with Gasteiger partial charge in [0.1, 0.15) is 23.9 Å². The van der Waals surface area contributed by atoms with Crippen molar-refractivity contribution in [3.63, 3.8) is 0 Å². The second-order valence-corrected chi connectivity index (χ2v) is 6.30. The largest absolute Gasteiger partial charge is 0.480 e. The Bertz CT molecular complexity index is 1050. The second-order valence-electron chi connectivity index (χ2n) is 5.39. The molecule has 8 heteroatoms. The van der Waals surface area contributed by atoms with Gasteiger partial charge in [-0.05, 0) is 35.9 Å². The first-order valence-electron chi connectivity index (χ1n) is 7.20. The van der Waals surface area contributed by atoms with E-state index in [1.54, 1.807) is 6.07 Å². The Morgan fingerprint density at radius 2 is 1.96 bits per heavy atom. The fourth-order valence-electron chi connectivity index (χ4n) is 2.52. The number of fused-ring (bicyclic) bond motifs is 1. The zero-order valence-electron chi connectivity index (χ0n) is 12.7. The van der Waals surface area contributed by atoms with Crippen molar-refractivity contribution >= 4 is 32.9 Å². The molecule has 5 nitrogen and oxygen atoms in total. The van der Waals surface area contributed by atoms with Crippen LogP contribution in [0.15, 0.2) is 45.7 Å². The summed E-state index contributed by atoms with van der Waals surface area (Å²) in [5, 5.41) is 9.04. The van der Waals surface area contributed by atoms with Gasteiger partial charge in [0, 0.05) is 10.9 Å². The van der Waals surface area contributed by atoms with Crippen LogP contribution in [-0.4, -0.2) is 20.6 Å². The number of hydrogen-bond donors (Lipinski definition) is 1. The molecule has 0 spiro atoms. The molecule has 0 atom stereocenters. The molecule has 1 N–H and O–H groups in total. The molecule has 0 fully saturated rings. The summed E-state index contributed by atoms with van der Waals surface area (Å²) in [4.78, 5) is 27.8. The van der Waals surface area contributed by atoms with Crippen LogP contribution in [0.25, 0.3) is 11.0 Å². The molecule has 0 radical (unpaired) electrons. The molecule has 3 rings (SSSR count). The fraction of sp³-hybridized carbons (Fsp3) is 0.118. The summed E-state index contributed by atoms with van der Waals surface area (Å²) in [7, 11) is 0. The molecule has 0 aliphatic heterocycles. The second kappa shape index (κ2) is 6.72. The van der Waals surface area contributed by atoms with E-state index in [2.05, 4.69) is 20.9 Å². The van der Waals surface area contributed by atoms with Crippen LogP contribution in [0.4, 0.5) is 8.78 Å². The van der Waals surface area contributed by atoms with Crippen molar-refractivity contribution in [2.24, 2.45) is 0 Å². The van der Waals surface area contributed by atoms with Gasteiger partial charge in [-0.1, -0.05) is 22.0 Å². The number of rotatable bonds is 4. The van der Waals surface area contributed by atoms with E-state index in [9.17, 15) is 18.4 Å². The lowest BCUT2D eigenvalue weighted by atomic mass is 10.1. The number of aromatic nitrogens is 2. The monoisotopic (exact) mass is 408 g/mol. The van der Waals surface area contributed by atoms with Gasteiger partial charge >= 0.3 is 5.97 Å². The summed E-state index contributed by atoms with van der Waals surface area (Å²) in [5.74, 6) is -2.38. The molecule has 0 aliphatic carbocycles. The van der Waals surface area contributed by atoms with E-state index >= 15 is 0 Å². The van der Waals surface area contributed by atoms with E-state index in [-0.39, 0.29) is 28.7 Å². The highest BCUT2D eigenvalue weighted by Gasteiger charge is 2.16. The zero-order chi connectivity index (χ0) is 18.1. The summed E-state index contributed by atoms with van der Waals surface area (Å²) >= 11 is 3.15. The number of hydrogen-bond acceptors (Lipinski definition) is 3. The highest BCUT2D eigenvalue weighted by molar-refractivity contribution is 9.10. The molecular weight excluding hydrogens is 398 g/mol. The highest BCUT2D eigenvalue weighted by atomic mass is 79.9. The Balaban J connectivity index is 2.18. The molecule has 0 unspecified atom stereocenters. The third kappa shape index (κ3) is 3.58. The first-order valence-corrected chi connectivity index (χ1v) is 7.99. The van der Waals surface area contributed by atoms with Gasteiger partial charge in [-0.3, -0.25) is 14.2 Å². The SMILES string of the molecule is O=C(O)Cn1c(=O)c(Cc2ccc(Br)cc2F)nc2ccc(F)cc21. The van der Waals surface area contributed by atoms with E-state index in [1.165, 1.54) is 18.2 Å². The maximum Gasteiger partial charge on any atom is 0.323 e. The third-order valence-electron chi connectivity index (χ3n) is 3.64. The predicted octanol–water partition coefficient (Wildman–Crippen LogP) is 3.11. The van der Waals surface area contributed by atoms with Crippen molar-refractivity contribution in [3.8, 4) is 0 Å². The average molecular weight is 409 g/mol. The van der Waals surface area contributed by atoms with E-state index in [0.29, 0.717) is 4.47 Å². The standard InChI is InChI=1S/C17H11BrF2N2O3/c18-10-2-1-9(12(20)6-10)5-14-17(25)22(8-16(23)24)15-7-11(19)3-4-13(15)21-14/h1-4,6-7H,5,8H2,(H,23,24). The molecule has 0 saturated heterocycles. The topological polar surface area (TPSA) is 72.2 Å². The van der Waals surface area contributed by atoms with E-state index in [1.807, 2.05) is 0 Å². The number of nitrogens with zero attached hydrogens (tertiary/aromatic N) is 2. The van der Waals surface area contributed by atoms with Gasteiger partial charge in [-0.15, -0.1) is 0 Å². The number of benzene rings is 2. The molecule has 0 saturated carbocycles. The lowest BCUT2D eigenvalue weighted by Gasteiger charge is -2.11. The Morgan fingerprint density at radius 3 is 2.64 bits per heavy atom. The summed E-state index contributed by atoms with van der Waals surface area (Å²) in [6.07, 6.45) is -0.106. The number of halogens is 3. The summed E-state index contributed by atoms with van der Waals surface area (Å²) < 4.78 is 29.0. The van der Waals surface area contributed by atoms with Crippen molar-refractivity contribution in [1.29, 1.82) is 0 Å². The molecule has 0 aliphatic rings. The Morgan fingerprint density at radius 1 is 1.20 bits per heavy atom. The van der Waals surface area contributed by atoms with Gasteiger partial charge in [0.25, 0.3) is 5.56 Å². The number of carbonyl (C=O) groups is 1. The first-order chi connectivity index (χ1) is 11.8. The van der Waals surface area contributed by atoms with Crippen molar-refractivity contribution in [1.82, 2.24) is 9.55 Å². The van der Waals surface area contributed by atoms with Crippen LogP contribution in [0.5, 0.6) is 0 Å². The number of aliphatic carboxylic acids is 1. The summed E-state index contributed by atoms with van der Waals surface area (Å²) in [6.45, 7) is -0.642. The van der Waals surface area contributed by atoms with Gasteiger partial charge in [0.05, 0.1) is 11.0 Å². The quantitative estimate of drug-likeness (QED) is 0.719.